The number of alkyl halides is 3. The van der Waals surface area contributed by atoms with E-state index in [1.807, 2.05) is 0 Å². The number of carbonyl (C=O) groups excluding carboxylic acids is 1. The van der Waals surface area contributed by atoms with Crippen molar-refractivity contribution in [3.05, 3.63) is 35.7 Å². The Morgan fingerprint density at radius 2 is 2.08 bits per heavy atom. The van der Waals surface area contributed by atoms with Gasteiger partial charge in [-0.25, -0.2) is 4.79 Å². The van der Waals surface area contributed by atoms with Crippen LogP contribution < -0.4 is 5.32 Å². The lowest BCUT2D eigenvalue weighted by atomic mass is 10.1. The molecule has 0 atom stereocenters. The van der Waals surface area contributed by atoms with Crippen LogP contribution in [0.25, 0.3) is 11.4 Å². The van der Waals surface area contributed by atoms with Crippen LogP contribution in [0.4, 0.5) is 13.6 Å². The van der Waals surface area contributed by atoms with Gasteiger partial charge in [-0.15, -0.1) is 0 Å². The second kappa shape index (κ2) is 6.35. The highest BCUT2D eigenvalue weighted by Crippen LogP contribution is 2.32. The first-order valence-electron chi connectivity index (χ1n) is 7.37. The van der Waals surface area contributed by atoms with E-state index in [2.05, 4.69) is 20.0 Å². The van der Waals surface area contributed by atoms with Crippen LogP contribution in [-0.4, -0.2) is 34.2 Å². The lowest BCUT2D eigenvalue weighted by molar-refractivity contribution is 0.0551. The first-order valence-corrected chi connectivity index (χ1v) is 7.75. The maximum absolute atomic E-state index is 12.9. The molecule has 0 aliphatic heterocycles. The normalized spacial score (nSPS) is 14.5. The van der Waals surface area contributed by atoms with E-state index >= 15 is 0 Å². The van der Waals surface area contributed by atoms with Gasteiger partial charge < -0.3 is 14.7 Å². The molecule has 3 rings (SSSR count). The van der Waals surface area contributed by atoms with E-state index < -0.39 is 11.3 Å². The summed E-state index contributed by atoms with van der Waals surface area (Å²) in [6.45, 7) is 0.474. The van der Waals surface area contributed by atoms with Crippen molar-refractivity contribution in [3.8, 4) is 11.4 Å². The largest absolute Gasteiger partial charge is 0.400 e. The number of rotatable bonds is 5. The maximum atomic E-state index is 12.9. The van der Waals surface area contributed by atoms with Crippen molar-refractivity contribution < 1.29 is 18.1 Å². The smallest absolute Gasteiger partial charge is 0.341 e. The second-order valence-electron chi connectivity index (χ2n) is 5.53. The number of carbonyl (C=O) groups is 1. The molecule has 6 nitrogen and oxygen atoms in total. The SMILES string of the molecule is CNC(=O)N(Cc1ccc(-c2noc(C(F)(F)Cl)n2)cc1)C1CC1. The molecule has 1 aromatic heterocycles. The number of hydrogen-bond acceptors (Lipinski definition) is 4. The first-order chi connectivity index (χ1) is 11.4. The number of aromatic nitrogens is 2. The van der Waals surface area contributed by atoms with Crippen molar-refractivity contribution in [1.29, 1.82) is 0 Å². The summed E-state index contributed by atoms with van der Waals surface area (Å²) in [5, 5.41) is 2.44. The summed E-state index contributed by atoms with van der Waals surface area (Å²) >= 11 is 4.85. The molecular weight excluding hydrogens is 342 g/mol. The quantitative estimate of drug-likeness (QED) is 0.834. The molecule has 1 saturated carbocycles. The van der Waals surface area contributed by atoms with E-state index in [1.165, 1.54) is 0 Å². The average molecular weight is 357 g/mol. The molecule has 1 aliphatic carbocycles. The standard InChI is InChI=1S/C15H15ClF2N4O2/c1-19-14(23)22(11-6-7-11)8-9-2-4-10(5-3-9)12-20-13(24-21-12)15(16,17)18/h2-5,11H,6-8H2,1H3,(H,19,23). The Hall–Kier alpha value is -2.22. The van der Waals surface area contributed by atoms with Crippen molar-refractivity contribution in [2.75, 3.05) is 7.05 Å². The minimum Gasteiger partial charge on any atom is -0.341 e. The zero-order chi connectivity index (χ0) is 17.3. The van der Waals surface area contributed by atoms with E-state index in [9.17, 15) is 13.6 Å². The predicted octanol–water partition coefficient (Wildman–Crippen LogP) is 3.33. The molecule has 1 heterocycles. The number of urea groups is 1. The summed E-state index contributed by atoms with van der Waals surface area (Å²) in [7, 11) is 1.60. The number of amides is 2. The highest BCUT2D eigenvalue weighted by molar-refractivity contribution is 6.21. The van der Waals surface area contributed by atoms with E-state index in [0.717, 1.165) is 18.4 Å². The zero-order valence-corrected chi connectivity index (χ0v) is 13.6. The van der Waals surface area contributed by atoms with Crippen LogP contribution >= 0.6 is 11.6 Å². The molecule has 0 bridgehead atoms. The van der Waals surface area contributed by atoms with Crippen LogP contribution in [0, 0.1) is 0 Å². The van der Waals surface area contributed by atoms with Crippen LogP contribution in [0.15, 0.2) is 28.8 Å². The highest BCUT2D eigenvalue weighted by atomic mass is 35.5. The third kappa shape index (κ3) is 3.64. The first kappa shape index (κ1) is 16.6. The van der Waals surface area contributed by atoms with Gasteiger partial charge in [0, 0.05) is 25.2 Å². The molecule has 0 saturated heterocycles. The average Bonchev–Trinajstić information content (AvgIpc) is 3.26. The fourth-order valence-electron chi connectivity index (χ4n) is 2.31. The monoisotopic (exact) mass is 356 g/mol. The molecule has 9 heteroatoms. The zero-order valence-electron chi connectivity index (χ0n) is 12.8. The third-order valence-corrected chi connectivity index (χ3v) is 3.86. The fraction of sp³-hybridized carbons (Fsp3) is 0.400. The Morgan fingerprint density at radius 3 is 2.58 bits per heavy atom. The summed E-state index contributed by atoms with van der Waals surface area (Å²) in [5.41, 5.74) is 1.44. The Balaban J connectivity index is 1.73. The summed E-state index contributed by atoms with van der Waals surface area (Å²) < 4.78 is 30.3. The van der Waals surface area contributed by atoms with Gasteiger partial charge in [0.1, 0.15) is 0 Å². The van der Waals surface area contributed by atoms with Crippen molar-refractivity contribution in [3.63, 3.8) is 0 Å². The number of benzene rings is 1. The molecule has 2 aromatic rings. The number of nitrogens with zero attached hydrogens (tertiary/aromatic N) is 3. The second-order valence-corrected chi connectivity index (χ2v) is 6.01. The lowest BCUT2D eigenvalue weighted by Crippen LogP contribution is -2.39. The minimum absolute atomic E-state index is 0.0298. The molecule has 1 fully saturated rings. The molecule has 2 amide bonds. The summed E-state index contributed by atoms with van der Waals surface area (Å²) in [5.74, 6) is -0.912. The van der Waals surface area contributed by atoms with Crippen molar-refractivity contribution >= 4 is 17.6 Å². The topological polar surface area (TPSA) is 71.3 Å². The Bertz CT molecular complexity index is 726. The summed E-state index contributed by atoms with van der Waals surface area (Å²) in [6, 6.07) is 7.12. The Labute approximate surface area is 141 Å². The molecule has 0 unspecified atom stereocenters. The third-order valence-electron chi connectivity index (χ3n) is 3.70. The summed E-state index contributed by atoms with van der Waals surface area (Å²) in [6.07, 6.45) is 2.01. The van der Waals surface area contributed by atoms with E-state index in [0.29, 0.717) is 12.1 Å². The molecule has 128 valence electrons. The van der Waals surface area contributed by atoms with Crippen LogP contribution in [0.5, 0.6) is 0 Å². The Kier molecular flexibility index (Phi) is 4.40. The van der Waals surface area contributed by atoms with E-state index in [-0.39, 0.29) is 17.9 Å². The van der Waals surface area contributed by atoms with Crippen LogP contribution in [-0.2, 0) is 11.9 Å². The van der Waals surface area contributed by atoms with Gasteiger partial charge >= 0.3 is 17.3 Å². The van der Waals surface area contributed by atoms with Gasteiger partial charge in [0.15, 0.2) is 0 Å². The summed E-state index contributed by atoms with van der Waals surface area (Å²) in [4.78, 5) is 17.2. The molecule has 24 heavy (non-hydrogen) atoms. The van der Waals surface area contributed by atoms with Gasteiger partial charge in [0.05, 0.1) is 0 Å². The number of halogens is 3. The van der Waals surface area contributed by atoms with Gasteiger partial charge in [-0.3, -0.25) is 0 Å². The molecule has 1 aliphatic rings. The molecule has 1 aromatic carbocycles. The minimum atomic E-state index is -3.69. The van der Waals surface area contributed by atoms with E-state index in [1.54, 1.807) is 36.2 Å². The van der Waals surface area contributed by atoms with Crippen molar-refractivity contribution in [1.82, 2.24) is 20.4 Å². The van der Waals surface area contributed by atoms with Gasteiger partial charge in [0.2, 0.25) is 5.82 Å². The van der Waals surface area contributed by atoms with Crippen LogP contribution in [0.3, 0.4) is 0 Å². The predicted molar refractivity (Wildman–Crippen MR) is 82.5 cm³/mol. The molecular formula is C15H15ClF2N4O2. The maximum Gasteiger partial charge on any atom is 0.400 e. The van der Waals surface area contributed by atoms with Crippen LogP contribution in [0.1, 0.15) is 24.3 Å². The van der Waals surface area contributed by atoms with Gasteiger partial charge in [0.25, 0.3) is 0 Å². The van der Waals surface area contributed by atoms with Gasteiger partial charge in [-0.1, -0.05) is 29.4 Å². The van der Waals surface area contributed by atoms with Crippen LogP contribution in [0.2, 0.25) is 0 Å². The number of nitrogens with one attached hydrogen (secondary N) is 1. The van der Waals surface area contributed by atoms with E-state index in [4.69, 9.17) is 11.6 Å². The molecule has 0 radical (unpaired) electrons. The Morgan fingerprint density at radius 1 is 1.42 bits per heavy atom. The highest BCUT2D eigenvalue weighted by Gasteiger charge is 2.36. The number of hydrogen-bond donors (Lipinski definition) is 1. The van der Waals surface area contributed by atoms with Crippen molar-refractivity contribution in [2.24, 2.45) is 0 Å². The fourth-order valence-corrected chi connectivity index (χ4v) is 2.39. The lowest BCUT2D eigenvalue weighted by Gasteiger charge is -2.21. The molecule has 0 spiro atoms. The van der Waals surface area contributed by atoms with Gasteiger partial charge in [-0.05, 0) is 30.0 Å². The van der Waals surface area contributed by atoms with Crippen molar-refractivity contribution in [2.45, 2.75) is 30.8 Å². The van der Waals surface area contributed by atoms with Gasteiger partial charge in [-0.2, -0.15) is 13.8 Å². The molecule has 1 N–H and O–H groups in total.